The molecular formula is C9H11NO3. The van der Waals surface area contributed by atoms with Crippen molar-refractivity contribution in [1.82, 2.24) is 4.98 Å². The number of nitrogens with zero attached hydrogens (tertiary/aromatic N) is 1. The van der Waals surface area contributed by atoms with Crippen LogP contribution in [-0.4, -0.2) is 21.7 Å². The highest BCUT2D eigenvalue weighted by Crippen LogP contribution is 2.14. The zero-order valence-corrected chi connectivity index (χ0v) is 7.52. The van der Waals surface area contributed by atoms with Crippen LogP contribution in [0, 0.1) is 0 Å². The number of ether oxygens (including phenoxy) is 1. The number of carboxylic acid groups (broad SMARTS) is 1. The Bertz CT molecular complexity index is 295. The van der Waals surface area contributed by atoms with Gasteiger partial charge in [-0.2, -0.15) is 0 Å². The fourth-order valence-electron chi connectivity index (χ4n) is 0.713. The smallest absolute Gasteiger partial charge is 0.347 e. The standard InChI is InChI=1S/C9H11NO3/c1-9(2,8(11)12)13-7-5-3-4-6-10-7/h3-6H,1-2H3,(H,11,12). The summed E-state index contributed by atoms with van der Waals surface area (Å²) >= 11 is 0. The Morgan fingerprint density at radius 1 is 1.54 bits per heavy atom. The summed E-state index contributed by atoms with van der Waals surface area (Å²) in [5.41, 5.74) is -1.24. The molecule has 13 heavy (non-hydrogen) atoms. The third-order valence-corrected chi connectivity index (χ3v) is 1.51. The maximum atomic E-state index is 10.7. The Hall–Kier alpha value is -1.58. The Balaban J connectivity index is 2.75. The predicted molar refractivity (Wildman–Crippen MR) is 46.6 cm³/mol. The molecule has 0 unspecified atom stereocenters. The number of carbonyl (C=O) groups is 1. The van der Waals surface area contributed by atoms with E-state index in [1.807, 2.05) is 0 Å². The van der Waals surface area contributed by atoms with Crippen molar-refractivity contribution in [2.45, 2.75) is 19.4 Å². The summed E-state index contributed by atoms with van der Waals surface area (Å²) in [6, 6.07) is 5.09. The van der Waals surface area contributed by atoms with Gasteiger partial charge in [-0.3, -0.25) is 0 Å². The molecule has 1 N–H and O–H groups in total. The van der Waals surface area contributed by atoms with E-state index in [2.05, 4.69) is 4.98 Å². The van der Waals surface area contributed by atoms with Crippen molar-refractivity contribution in [3.63, 3.8) is 0 Å². The molecule has 0 saturated heterocycles. The Labute approximate surface area is 76.2 Å². The molecule has 1 rings (SSSR count). The average Bonchev–Trinajstić information content (AvgIpc) is 2.05. The van der Waals surface area contributed by atoms with Crippen LogP contribution in [0.3, 0.4) is 0 Å². The third kappa shape index (κ3) is 2.43. The maximum Gasteiger partial charge on any atom is 0.347 e. The van der Waals surface area contributed by atoms with Crippen molar-refractivity contribution in [3.05, 3.63) is 24.4 Å². The molecule has 0 fully saturated rings. The van der Waals surface area contributed by atoms with Crippen LogP contribution in [0.15, 0.2) is 24.4 Å². The van der Waals surface area contributed by atoms with Gasteiger partial charge in [0.25, 0.3) is 0 Å². The van der Waals surface area contributed by atoms with Crippen LogP contribution in [0.25, 0.3) is 0 Å². The van der Waals surface area contributed by atoms with E-state index in [4.69, 9.17) is 9.84 Å². The van der Waals surface area contributed by atoms with Crippen LogP contribution >= 0.6 is 0 Å². The summed E-state index contributed by atoms with van der Waals surface area (Å²) in [6.07, 6.45) is 1.55. The van der Waals surface area contributed by atoms with Gasteiger partial charge in [0.15, 0.2) is 0 Å². The highest BCUT2D eigenvalue weighted by Gasteiger charge is 2.29. The fourth-order valence-corrected chi connectivity index (χ4v) is 0.713. The van der Waals surface area contributed by atoms with Gasteiger partial charge in [0.1, 0.15) is 0 Å². The molecule has 0 bridgehead atoms. The lowest BCUT2D eigenvalue weighted by molar-refractivity contribution is -0.152. The minimum absolute atomic E-state index is 0.315. The minimum atomic E-state index is -1.24. The van der Waals surface area contributed by atoms with E-state index < -0.39 is 11.6 Å². The first-order valence-corrected chi connectivity index (χ1v) is 3.86. The molecule has 70 valence electrons. The first-order valence-electron chi connectivity index (χ1n) is 3.86. The van der Waals surface area contributed by atoms with E-state index in [-0.39, 0.29) is 0 Å². The Morgan fingerprint density at radius 2 is 2.23 bits per heavy atom. The molecule has 0 radical (unpaired) electrons. The average molecular weight is 181 g/mol. The molecule has 1 aromatic rings. The van der Waals surface area contributed by atoms with Crippen LogP contribution in [0.4, 0.5) is 0 Å². The summed E-state index contributed by atoms with van der Waals surface area (Å²) in [6.45, 7) is 2.95. The number of pyridine rings is 1. The van der Waals surface area contributed by atoms with Gasteiger partial charge in [0.2, 0.25) is 11.5 Å². The van der Waals surface area contributed by atoms with Crippen LogP contribution in [0.5, 0.6) is 5.88 Å². The van der Waals surface area contributed by atoms with Gasteiger partial charge >= 0.3 is 5.97 Å². The first-order chi connectivity index (χ1) is 6.02. The van der Waals surface area contributed by atoms with Crippen molar-refractivity contribution < 1.29 is 14.6 Å². The van der Waals surface area contributed by atoms with Gasteiger partial charge < -0.3 is 9.84 Å². The quantitative estimate of drug-likeness (QED) is 0.764. The topological polar surface area (TPSA) is 59.4 Å². The number of aromatic nitrogens is 1. The Kier molecular flexibility index (Phi) is 2.51. The summed E-state index contributed by atoms with van der Waals surface area (Å²) < 4.78 is 5.15. The lowest BCUT2D eigenvalue weighted by atomic mass is 10.1. The van der Waals surface area contributed by atoms with E-state index in [1.165, 1.54) is 13.8 Å². The molecule has 4 nitrogen and oxygen atoms in total. The molecule has 0 spiro atoms. The first kappa shape index (κ1) is 9.51. The maximum absolute atomic E-state index is 10.7. The monoisotopic (exact) mass is 181 g/mol. The molecule has 1 aromatic heterocycles. The normalized spacial score (nSPS) is 10.9. The SMILES string of the molecule is CC(C)(Oc1ccccn1)C(=O)O. The summed E-state index contributed by atoms with van der Waals surface area (Å²) in [4.78, 5) is 14.5. The summed E-state index contributed by atoms with van der Waals surface area (Å²) in [7, 11) is 0. The molecule has 0 aromatic carbocycles. The van der Waals surface area contributed by atoms with Gasteiger partial charge in [0.05, 0.1) is 0 Å². The predicted octanol–water partition coefficient (Wildman–Crippen LogP) is 1.32. The Morgan fingerprint density at radius 3 is 2.69 bits per heavy atom. The van der Waals surface area contributed by atoms with E-state index in [1.54, 1.807) is 24.4 Å². The largest absolute Gasteiger partial charge is 0.478 e. The molecule has 1 heterocycles. The second-order valence-corrected chi connectivity index (χ2v) is 3.09. The van der Waals surface area contributed by atoms with Crippen LogP contribution in [-0.2, 0) is 4.79 Å². The fraction of sp³-hybridized carbons (Fsp3) is 0.333. The molecule has 0 amide bonds. The highest BCUT2D eigenvalue weighted by molar-refractivity contribution is 5.76. The number of hydrogen-bond acceptors (Lipinski definition) is 3. The van der Waals surface area contributed by atoms with Gasteiger partial charge in [-0.15, -0.1) is 0 Å². The van der Waals surface area contributed by atoms with Crippen LogP contribution < -0.4 is 4.74 Å². The van der Waals surface area contributed by atoms with Gasteiger partial charge in [-0.1, -0.05) is 6.07 Å². The minimum Gasteiger partial charge on any atom is -0.478 e. The number of aliphatic carboxylic acids is 1. The van der Waals surface area contributed by atoms with Crippen molar-refractivity contribution in [3.8, 4) is 5.88 Å². The molecule has 4 heteroatoms. The zero-order chi connectivity index (χ0) is 9.90. The van der Waals surface area contributed by atoms with Crippen LogP contribution in [0.2, 0.25) is 0 Å². The summed E-state index contributed by atoms with van der Waals surface area (Å²) in [5, 5.41) is 8.75. The second kappa shape index (κ2) is 3.43. The molecule has 0 aliphatic carbocycles. The van der Waals surface area contributed by atoms with Crippen LogP contribution in [0.1, 0.15) is 13.8 Å². The van der Waals surface area contributed by atoms with Crippen molar-refractivity contribution in [2.24, 2.45) is 0 Å². The molecule has 0 aliphatic rings. The molecular weight excluding hydrogens is 170 g/mol. The number of carboxylic acids is 1. The van der Waals surface area contributed by atoms with E-state index in [0.717, 1.165) is 0 Å². The van der Waals surface area contributed by atoms with Crippen molar-refractivity contribution >= 4 is 5.97 Å². The van der Waals surface area contributed by atoms with E-state index in [0.29, 0.717) is 5.88 Å². The van der Waals surface area contributed by atoms with E-state index >= 15 is 0 Å². The van der Waals surface area contributed by atoms with Crippen molar-refractivity contribution in [1.29, 1.82) is 0 Å². The molecule has 0 atom stereocenters. The van der Waals surface area contributed by atoms with Crippen molar-refractivity contribution in [2.75, 3.05) is 0 Å². The number of rotatable bonds is 3. The lowest BCUT2D eigenvalue weighted by Gasteiger charge is -2.20. The lowest BCUT2D eigenvalue weighted by Crippen LogP contribution is -2.38. The summed E-state index contributed by atoms with van der Waals surface area (Å²) in [5.74, 6) is -0.701. The second-order valence-electron chi connectivity index (χ2n) is 3.09. The molecule has 0 aliphatic heterocycles. The number of hydrogen-bond donors (Lipinski definition) is 1. The highest BCUT2D eigenvalue weighted by atomic mass is 16.5. The third-order valence-electron chi connectivity index (χ3n) is 1.51. The van der Waals surface area contributed by atoms with E-state index in [9.17, 15) is 4.79 Å². The van der Waals surface area contributed by atoms with Gasteiger partial charge in [-0.25, -0.2) is 9.78 Å². The van der Waals surface area contributed by atoms with Gasteiger partial charge in [0, 0.05) is 12.3 Å². The molecule has 0 saturated carbocycles. The van der Waals surface area contributed by atoms with Gasteiger partial charge in [-0.05, 0) is 19.9 Å². The zero-order valence-electron chi connectivity index (χ0n) is 7.52.